The molecule has 1 radical (unpaired) electrons. The molecule has 7 heteroatoms. The van der Waals surface area contributed by atoms with Crippen molar-refractivity contribution < 1.29 is 24.5 Å². The third kappa shape index (κ3) is 9.02. The third-order valence-electron chi connectivity index (χ3n) is 11.5. The topological polar surface area (TPSA) is 56.7 Å². The van der Waals surface area contributed by atoms with Crippen molar-refractivity contribution in [3.05, 3.63) is 162 Å². The number of hydrogen-bond donors (Lipinski definition) is 0. The molecular weight excluding hydrogens is 997 g/mol. The van der Waals surface area contributed by atoms with Gasteiger partial charge in [0.1, 0.15) is 5.58 Å². The van der Waals surface area contributed by atoms with Gasteiger partial charge in [-0.2, -0.15) is 0 Å². The molecule has 0 aliphatic heterocycles. The first-order valence-electron chi connectivity index (χ1n) is 21.7. The Morgan fingerprint density at radius 1 is 0.710 bits per heavy atom. The predicted octanol–water partition coefficient (Wildman–Crippen LogP) is 14.3. The van der Waals surface area contributed by atoms with E-state index in [9.17, 15) is 0 Å². The van der Waals surface area contributed by atoms with Crippen LogP contribution in [0.15, 0.2) is 132 Å². The van der Waals surface area contributed by atoms with Gasteiger partial charge in [0.2, 0.25) is 0 Å². The summed E-state index contributed by atoms with van der Waals surface area (Å²) in [4.78, 5) is 14.6. The van der Waals surface area contributed by atoms with Crippen LogP contribution < -0.4 is 4.40 Å². The maximum absolute atomic E-state index is 6.49. The van der Waals surface area contributed by atoms with E-state index < -0.39 is 13.3 Å². The van der Waals surface area contributed by atoms with Crippen molar-refractivity contribution in [1.82, 2.24) is 19.5 Å². The largest absolute Gasteiger partial charge is 0.501 e. The molecule has 4 aromatic heterocycles. The van der Waals surface area contributed by atoms with Gasteiger partial charge < -0.3 is 8.98 Å². The van der Waals surface area contributed by atoms with Gasteiger partial charge in [-0.3, -0.25) is 9.97 Å². The number of nitrogens with zero attached hydrogens (tertiary/aromatic N) is 4. The number of rotatable bonds is 9. The summed E-state index contributed by atoms with van der Waals surface area (Å²) in [5, 5.41) is 2.16. The number of aryl methyl sites for hydroxylation is 1. The summed E-state index contributed by atoms with van der Waals surface area (Å²) < 4.78 is 10.4. The molecule has 0 fully saturated rings. The number of hydrogen-bond acceptors (Lipinski definition) is 4. The van der Waals surface area contributed by atoms with E-state index in [0.717, 1.165) is 67.7 Å². The SMILES string of the molecule is CC(C)Cc1cc(-c2[c-]cccc2)nc[c]1[Ge]([CH3])([CH3])[CH3].Cc1nccc2c1nc(-c1[c-]ccc3c1oc1ccccc13)n2-c1c(C(C)C)cc(-c2ccccc2)cc1C(C)C.[Ir]. The zero-order chi connectivity index (χ0) is 43.0. The number of aromatic nitrogens is 4. The van der Waals surface area contributed by atoms with E-state index in [0.29, 0.717) is 5.92 Å². The minimum Gasteiger partial charge on any atom is -0.501 e. The summed E-state index contributed by atoms with van der Waals surface area (Å²) in [6, 6.07) is 46.9. The average Bonchev–Trinajstić information content (AvgIpc) is 3.83. The van der Waals surface area contributed by atoms with Gasteiger partial charge in [-0.05, 0) is 65.3 Å². The van der Waals surface area contributed by atoms with Crippen LogP contribution in [0.4, 0.5) is 0 Å². The van der Waals surface area contributed by atoms with Gasteiger partial charge in [-0.25, -0.2) is 0 Å². The molecule has 0 bridgehead atoms. The smallest absolute Gasteiger partial charge is 0.120 e. The van der Waals surface area contributed by atoms with Crippen LogP contribution in [-0.2, 0) is 26.5 Å². The maximum atomic E-state index is 6.49. The molecule has 5 aromatic carbocycles. The normalized spacial score (nSPS) is 11.8. The van der Waals surface area contributed by atoms with E-state index in [-0.39, 0.29) is 31.9 Å². The molecule has 9 rings (SSSR count). The van der Waals surface area contributed by atoms with Crippen molar-refractivity contribution in [2.24, 2.45) is 5.92 Å². The van der Waals surface area contributed by atoms with Crippen molar-refractivity contribution in [2.75, 3.05) is 0 Å². The number of pyridine rings is 2. The van der Waals surface area contributed by atoms with E-state index in [2.05, 4.69) is 166 Å². The maximum Gasteiger partial charge on any atom is 0.120 e. The van der Waals surface area contributed by atoms with Gasteiger partial charge in [-0.15, -0.1) is 18.2 Å². The molecule has 0 aliphatic rings. The molecule has 0 amide bonds. The van der Waals surface area contributed by atoms with Crippen LogP contribution >= 0.6 is 0 Å². The number of benzene rings is 5. The fraction of sp³-hybridized carbons (Fsp3) is 0.255. The number of fused-ring (bicyclic) bond motifs is 4. The Morgan fingerprint density at radius 2 is 1.40 bits per heavy atom. The van der Waals surface area contributed by atoms with Crippen molar-refractivity contribution >= 4 is 50.6 Å². The van der Waals surface area contributed by atoms with E-state index in [4.69, 9.17) is 14.4 Å². The molecule has 0 saturated carbocycles. The van der Waals surface area contributed by atoms with Crippen LogP contribution in [0.5, 0.6) is 0 Å². The van der Waals surface area contributed by atoms with Gasteiger partial charge in [0.15, 0.2) is 0 Å². The van der Waals surface area contributed by atoms with Gasteiger partial charge in [0, 0.05) is 37.4 Å². The summed E-state index contributed by atoms with van der Waals surface area (Å²) in [7, 11) is 0. The van der Waals surface area contributed by atoms with Crippen LogP contribution in [0, 0.1) is 25.0 Å². The van der Waals surface area contributed by atoms with Crippen LogP contribution in [-0.4, -0.2) is 32.8 Å². The van der Waals surface area contributed by atoms with E-state index in [1.165, 1.54) is 33.5 Å². The molecule has 4 heterocycles. The zero-order valence-corrected chi connectivity index (χ0v) is 42.1. The summed E-state index contributed by atoms with van der Waals surface area (Å²) >= 11 is -1.86. The zero-order valence-electron chi connectivity index (χ0n) is 37.6. The summed E-state index contributed by atoms with van der Waals surface area (Å²) in [6.07, 6.45) is 5.15. The Balaban J connectivity index is 0.000000233. The van der Waals surface area contributed by atoms with E-state index in [1.807, 2.05) is 49.5 Å². The average molecular weight is 1050 g/mol. The van der Waals surface area contributed by atoms with Crippen LogP contribution in [0.25, 0.3) is 72.4 Å². The Morgan fingerprint density at radius 3 is 2.06 bits per heavy atom. The van der Waals surface area contributed by atoms with Crippen molar-refractivity contribution in [3.8, 4) is 39.5 Å². The van der Waals surface area contributed by atoms with Gasteiger partial charge >= 0.3 is 126 Å². The Bertz CT molecular complexity index is 2950. The molecular formula is C55H56GeIrN4O-2. The minimum atomic E-state index is -1.86. The summed E-state index contributed by atoms with van der Waals surface area (Å²) in [5.41, 5.74) is 15.2. The second-order valence-electron chi connectivity index (χ2n) is 18.3. The molecule has 317 valence electrons. The van der Waals surface area contributed by atoms with Crippen molar-refractivity contribution in [2.45, 2.75) is 84.0 Å². The summed E-state index contributed by atoms with van der Waals surface area (Å²) in [5.74, 6) is 9.38. The predicted molar refractivity (Wildman–Crippen MR) is 259 cm³/mol. The van der Waals surface area contributed by atoms with Gasteiger partial charge in [0.05, 0.1) is 28.1 Å². The van der Waals surface area contributed by atoms with E-state index >= 15 is 0 Å². The quantitative estimate of drug-likeness (QED) is 0.107. The second-order valence-corrected chi connectivity index (χ2v) is 28.8. The van der Waals surface area contributed by atoms with Gasteiger partial charge in [-0.1, -0.05) is 87.2 Å². The molecule has 5 nitrogen and oxygen atoms in total. The molecule has 9 aromatic rings. The Kier molecular flexibility index (Phi) is 13.5. The van der Waals surface area contributed by atoms with Crippen molar-refractivity contribution in [1.29, 1.82) is 0 Å². The first-order chi connectivity index (χ1) is 29.3. The minimum absolute atomic E-state index is 0. The number of imidazole rings is 1. The van der Waals surface area contributed by atoms with Crippen molar-refractivity contribution in [3.63, 3.8) is 0 Å². The number of furan rings is 1. The third-order valence-corrected chi connectivity index (χ3v) is 15.8. The fourth-order valence-corrected chi connectivity index (χ4v) is 11.8. The van der Waals surface area contributed by atoms with Gasteiger partial charge in [0.25, 0.3) is 0 Å². The monoisotopic (exact) mass is 1060 g/mol. The molecule has 0 atom stereocenters. The fourth-order valence-electron chi connectivity index (χ4n) is 8.48. The molecule has 0 unspecified atom stereocenters. The Labute approximate surface area is 383 Å². The van der Waals surface area contributed by atoms with E-state index in [1.54, 1.807) is 4.40 Å². The summed E-state index contributed by atoms with van der Waals surface area (Å²) in [6.45, 7) is 15.7. The molecule has 62 heavy (non-hydrogen) atoms. The van der Waals surface area contributed by atoms with Crippen LogP contribution in [0.1, 0.15) is 75.8 Å². The Hall–Kier alpha value is -5.14. The molecule has 0 saturated heterocycles. The second kappa shape index (κ2) is 18.7. The molecule has 0 N–H and O–H groups in total. The van der Waals surface area contributed by atoms with Crippen LogP contribution in [0.3, 0.4) is 0 Å². The first-order valence-corrected chi connectivity index (χ1v) is 29.0. The molecule has 0 spiro atoms. The number of para-hydroxylation sites is 1. The van der Waals surface area contributed by atoms with Crippen LogP contribution in [0.2, 0.25) is 17.3 Å². The standard InChI is InChI=1S/C37H32N3O.C18H24GeN.Ir/c1-22(2)30-20-26(25-12-7-6-8-13-25)21-31(23(3)4)35(30)40-32-18-19-38-24(5)34(32)39-37(40)29-16-11-15-28-27-14-9-10-17-33(27)41-36(28)29;1-14(2)11-16-12-18(15-9-7-6-8-10-15)20-13-17(16)19(3,4)5;/h6-15,17-23H,1-5H3;6-9,12-14H,11H2,1-5H3;/q2*-1;. The molecule has 0 aliphatic carbocycles. The first kappa shape index (κ1) is 44.9.